The molecule has 0 spiro atoms. The molecule has 1 aromatic rings. The van der Waals surface area contributed by atoms with Crippen molar-refractivity contribution in [2.75, 3.05) is 0 Å². The van der Waals surface area contributed by atoms with Crippen molar-refractivity contribution in [2.24, 2.45) is 0 Å². The summed E-state index contributed by atoms with van der Waals surface area (Å²) in [6.07, 6.45) is 1.40. The van der Waals surface area contributed by atoms with E-state index >= 15 is 0 Å². The molecule has 0 amide bonds. The molecule has 0 atom stereocenters. The van der Waals surface area contributed by atoms with Crippen LogP contribution in [-0.2, 0) is 19.4 Å². The Bertz CT molecular complexity index is 431. The molecule has 86 valence electrons. The van der Waals surface area contributed by atoms with Gasteiger partial charge < -0.3 is 0 Å². The van der Waals surface area contributed by atoms with Crippen LogP contribution in [0, 0.1) is 21.4 Å². The second-order valence-corrected chi connectivity index (χ2v) is 3.34. The Kier molecular flexibility index (Phi) is 4.00. The average Bonchev–Trinajstić information content (AvgIpc) is 2.63. The van der Waals surface area contributed by atoms with Gasteiger partial charge in [-0.15, -0.1) is 0 Å². The van der Waals surface area contributed by atoms with Crippen LogP contribution in [-0.4, -0.2) is 14.7 Å². The van der Waals surface area contributed by atoms with E-state index in [2.05, 4.69) is 5.10 Å². The number of hydrogen-bond acceptors (Lipinski definition) is 4. The van der Waals surface area contributed by atoms with Crippen molar-refractivity contribution in [1.29, 1.82) is 5.26 Å². The number of aryl methyl sites for hydroxylation is 2. The molecule has 6 nitrogen and oxygen atoms in total. The number of rotatable bonds is 5. The third kappa shape index (κ3) is 2.19. The lowest BCUT2D eigenvalue weighted by atomic mass is 10.2. The highest BCUT2D eigenvalue weighted by atomic mass is 16.6. The first kappa shape index (κ1) is 12.2. The fraction of sp³-hybridized carbons (Fsp3) is 0.600. The van der Waals surface area contributed by atoms with Crippen molar-refractivity contribution in [3.05, 3.63) is 21.5 Å². The Hall–Kier alpha value is -1.90. The van der Waals surface area contributed by atoms with Gasteiger partial charge in [0.1, 0.15) is 11.4 Å². The molecular weight excluding hydrogens is 208 g/mol. The van der Waals surface area contributed by atoms with E-state index in [0.29, 0.717) is 37.2 Å². The van der Waals surface area contributed by atoms with Gasteiger partial charge in [-0.05, 0) is 12.8 Å². The Labute approximate surface area is 93.6 Å². The van der Waals surface area contributed by atoms with Crippen LogP contribution in [0.1, 0.15) is 31.7 Å². The van der Waals surface area contributed by atoms with Gasteiger partial charge in [-0.1, -0.05) is 13.8 Å². The molecule has 0 saturated heterocycles. The first-order chi connectivity index (χ1) is 7.65. The molecule has 6 heteroatoms. The van der Waals surface area contributed by atoms with E-state index < -0.39 is 0 Å². The lowest BCUT2D eigenvalue weighted by Crippen LogP contribution is -2.05. The smallest absolute Gasteiger partial charge is 0.261 e. The maximum absolute atomic E-state index is 10.9. The standard InChI is InChI=1S/C10H14N4O2/c1-3-8-10(14(15)16)9(4-2)13(12-8)7-5-6-11/h3-5,7H2,1-2H3. The minimum absolute atomic E-state index is 0.114. The summed E-state index contributed by atoms with van der Waals surface area (Å²) in [6, 6.07) is 2.01. The third-order valence-corrected chi connectivity index (χ3v) is 2.39. The van der Waals surface area contributed by atoms with Crippen LogP contribution in [0.4, 0.5) is 5.69 Å². The van der Waals surface area contributed by atoms with E-state index in [-0.39, 0.29) is 10.6 Å². The van der Waals surface area contributed by atoms with Gasteiger partial charge in [-0.2, -0.15) is 10.4 Å². The first-order valence-electron chi connectivity index (χ1n) is 5.25. The molecule has 0 bridgehead atoms. The topological polar surface area (TPSA) is 84.8 Å². The van der Waals surface area contributed by atoms with Crippen molar-refractivity contribution in [1.82, 2.24) is 9.78 Å². The maximum atomic E-state index is 10.9. The Morgan fingerprint density at radius 2 is 2.19 bits per heavy atom. The minimum Gasteiger partial charge on any atom is -0.261 e. The highest BCUT2D eigenvalue weighted by Gasteiger charge is 2.24. The van der Waals surface area contributed by atoms with Crippen molar-refractivity contribution < 1.29 is 4.92 Å². The molecule has 0 unspecified atom stereocenters. The van der Waals surface area contributed by atoms with Gasteiger partial charge in [-0.3, -0.25) is 14.8 Å². The molecule has 0 aliphatic rings. The third-order valence-electron chi connectivity index (χ3n) is 2.39. The zero-order chi connectivity index (χ0) is 12.1. The van der Waals surface area contributed by atoms with Crippen LogP contribution in [0.15, 0.2) is 0 Å². The van der Waals surface area contributed by atoms with Gasteiger partial charge in [0.05, 0.1) is 24.0 Å². The van der Waals surface area contributed by atoms with Gasteiger partial charge in [-0.25, -0.2) is 0 Å². The van der Waals surface area contributed by atoms with E-state index in [1.165, 1.54) is 0 Å². The second-order valence-electron chi connectivity index (χ2n) is 3.34. The average molecular weight is 222 g/mol. The molecule has 0 radical (unpaired) electrons. The monoisotopic (exact) mass is 222 g/mol. The second kappa shape index (κ2) is 5.26. The lowest BCUT2D eigenvalue weighted by molar-refractivity contribution is -0.386. The fourth-order valence-electron chi connectivity index (χ4n) is 1.68. The summed E-state index contributed by atoms with van der Waals surface area (Å²) in [6.45, 7) is 4.11. The molecule has 0 aliphatic carbocycles. The normalized spacial score (nSPS) is 10.1. The van der Waals surface area contributed by atoms with Crippen LogP contribution in [0.25, 0.3) is 0 Å². The van der Waals surface area contributed by atoms with Crippen molar-refractivity contribution in [3.63, 3.8) is 0 Å². The van der Waals surface area contributed by atoms with E-state index in [1.807, 2.05) is 19.9 Å². The molecule has 0 saturated carbocycles. The molecule has 0 fully saturated rings. The first-order valence-corrected chi connectivity index (χ1v) is 5.25. The maximum Gasteiger partial charge on any atom is 0.313 e. The van der Waals surface area contributed by atoms with Crippen LogP contribution in [0.3, 0.4) is 0 Å². The van der Waals surface area contributed by atoms with E-state index in [9.17, 15) is 10.1 Å². The van der Waals surface area contributed by atoms with Gasteiger partial charge in [0, 0.05) is 0 Å². The predicted molar refractivity (Wildman–Crippen MR) is 57.9 cm³/mol. The molecule has 0 N–H and O–H groups in total. The highest BCUT2D eigenvalue weighted by Crippen LogP contribution is 2.24. The van der Waals surface area contributed by atoms with E-state index in [4.69, 9.17) is 5.26 Å². The summed E-state index contributed by atoms with van der Waals surface area (Å²) >= 11 is 0. The number of nitrogens with zero attached hydrogens (tertiary/aromatic N) is 4. The van der Waals surface area contributed by atoms with Crippen LogP contribution in [0.5, 0.6) is 0 Å². The number of nitriles is 1. The lowest BCUT2D eigenvalue weighted by Gasteiger charge is -2.00. The Balaban J connectivity index is 3.20. The van der Waals surface area contributed by atoms with E-state index in [0.717, 1.165) is 0 Å². The van der Waals surface area contributed by atoms with Crippen molar-refractivity contribution in [2.45, 2.75) is 39.7 Å². The van der Waals surface area contributed by atoms with Crippen molar-refractivity contribution >= 4 is 5.69 Å². The molecule has 1 rings (SSSR count). The molecule has 16 heavy (non-hydrogen) atoms. The Morgan fingerprint density at radius 1 is 1.50 bits per heavy atom. The minimum atomic E-state index is -0.381. The molecular formula is C10H14N4O2. The summed E-state index contributed by atoms with van der Waals surface area (Å²) in [5.74, 6) is 0. The van der Waals surface area contributed by atoms with Gasteiger partial charge >= 0.3 is 5.69 Å². The number of aromatic nitrogens is 2. The fourth-order valence-corrected chi connectivity index (χ4v) is 1.68. The molecule has 0 aliphatic heterocycles. The summed E-state index contributed by atoms with van der Waals surface area (Å²) in [5, 5.41) is 23.6. The summed E-state index contributed by atoms with van der Waals surface area (Å²) in [4.78, 5) is 10.6. The molecule has 1 aromatic heterocycles. The number of hydrogen-bond donors (Lipinski definition) is 0. The molecule has 0 aromatic carbocycles. The van der Waals surface area contributed by atoms with Gasteiger partial charge in [0.25, 0.3) is 0 Å². The SMILES string of the molecule is CCc1nn(CCC#N)c(CC)c1[N+](=O)[O-]. The zero-order valence-electron chi connectivity index (χ0n) is 9.43. The van der Waals surface area contributed by atoms with Gasteiger partial charge in [0.2, 0.25) is 0 Å². The van der Waals surface area contributed by atoms with Crippen LogP contribution in [0.2, 0.25) is 0 Å². The largest absolute Gasteiger partial charge is 0.313 e. The summed E-state index contributed by atoms with van der Waals surface area (Å²) in [5.41, 5.74) is 1.22. The quantitative estimate of drug-likeness (QED) is 0.561. The summed E-state index contributed by atoms with van der Waals surface area (Å²) < 4.78 is 1.58. The Morgan fingerprint density at radius 3 is 2.62 bits per heavy atom. The zero-order valence-corrected chi connectivity index (χ0v) is 9.43. The summed E-state index contributed by atoms with van der Waals surface area (Å²) in [7, 11) is 0. The molecule has 1 heterocycles. The van der Waals surface area contributed by atoms with E-state index in [1.54, 1.807) is 4.68 Å². The van der Waals surface area contributed by atoms with Gasteiger partial charge in [0.15, 0.2) is 0 Å². The number of nitro groups is 1. The predicted octanol–water partition coefficient (Wildman–Crippen LogP) is 1.83. The van der Waals surface area contributed by atoms with Crippen molar-refractivity contribution in [3.8, 4) is 6.07 Å². The van der Waals surface area contributed by atoms with Crippen LogP contribution < -0.4 is 0 Å². The van der Waals surface area contributed by atoms with Crippen LogP contribution >= 0.6 is 0 Å². The highest BCUT2D eigenvalue weighted by molar-refractivity contribution is 5.41.